The highest BCUT2D eigenvalue weighted by Crippen LogP contribution is 2.48. The molecule has 6 heteroatoms. The highest BCUT2D eigenvalue weighted by atomic mass is 16.5. The predicted octanol–water partition coefficient (Wildman–Crippen LogP) is 4.72. The molecule has 2 amide bonds. The van der Waals surface area contributed by atoms with Crippen LogP contribution in [0.5, 0.6) is 5.75 Å². The molecule has 1 aromatic heterocycles. The first kappa shape index (κ1) is 22.4. The minimum absolute atomic E-state index is 0.0188. The van der Waals surface area contributed by atoms with Crippen molar-refractivity contribution in [3.8, 4) is 5.75 Å². The molecule has 0 spiro atoms. The van der Waals surface area contributed by atoms with E-state index in [4.69, 9.17) is 4.74 Å². The number of ether oxygens (including phenoxy) is 1. The van der Waals surface area contributed by atoms with E-state index in [2.05, 4.69) is 42.2 Å². The van der Waals surface area contributed by atoms with Crippen LogP contribution in [0.3, 0.4) is 0 Å². The fraction of sp³-hybridized carbons (Fsp3) is 0.267. The number of carbonyl (C=O) groups is 2. The van der Waals surface area contributed by atoms with Gasteiger partial charge in [0.25, 0.3) is 5.91 Å². The molecule has 0 bridgehead atoms. The lowest BCUT2D eigenvalue weighted by Crippen LogP contribution is -2.67. The van der Waals surface area contributed by atoms with Crippen molar-refractivity contribution in [3.63, 3.8) is 0 Å². The van der Waals surface area contributed by atoms with Gasteiger partial charge in [-0.2, -0.15) is 0 Å². The molecule has 2 atom stereocenters. The number of benzene rings is 3. The van der Waals surface area contributed by atoms with Crippen molar-refractivity contribution in [3.05, 3.63) is 101 Å². The number of fused-ring (bicyclic) bond motifs is 5. The predicted molar refractivity (Wildman–Crippen MR) is 139 cm³/mol. The first-order valence-electron chi connectivity index (χ1n) is 12.3. The fourth-order valence-electron chi connectivity index (χ4n) is 5.85. The van der Waals surface area contributed by atoms with Crippen LogP contribution in [-0.2, 0) is 21.7 Å². The number of aromatic nitrogens is 1. The van der Waals surface area contributed by atoms with Crippen LogP contribution >= 0.6 is 0 Å². The number of hydrogen-bond donors (Lipinski definition) is 1. The Balaban J connectivity index is 1.46. The van der Waals surface area contributed by atoms with Gasteiger partial charge >= 0.3 is 0 Å². The van der Waals surface area contributed by atoms with Crippen molar-refractivity contribution >= 4 is 22.7 Å². The zero-order valence-corrected chi connectivity index (χ0v) is 20.7. The molecule has 0 saturated carbocycles. The van der Waals surface area contributed by atoms with Crippen LogP contribution in [0.2, 0.25) is 0 Å². The van der Waals surface area contributed by atoms with E-state index in [-0.39, 0.29) is 24.3 Å². The molecule has 4 aromatic rings. The monoisotopic (exact) mass is 479 g/mol. The van der Waals surface area contributed by atoms with Crippen molar-refractivity contribution in [1.82, 2.24) is 14.8 Å². The minimum atomic E-state index is -1.10. The van der Waals surface area contributed by atoms with E-state index in [0.717, 1.165) is 39.0 Å². The fourth-order valence-corrected chi connectivity index (χ4v) is 5.85. The second kappa shape index (κ2) is 8.26. The third kappa shape index (κ3) is 3.32. The van der Waals surface area contributed by atoms with Gasteiger partial charge in [0.2, 0.25) is 5.91 Å². The lowest BCUT2D eigenvalue weighted by atomic mass is 9.76. The minimum Gasteiger partial charge on any atom is -0.497 e. The van der Waals surface area contributed by atoms with Gasteiger partial charge in [0.1, 0.15) is 12.3 Å². The Kier molecular flexibility index (Phi) is 5.14. The Labute approximate surface area is 210 Å². The molecule has 182 valence electrons. The van der Waals surface area contributed by atoms with Crippen LogP contribution in [0.15, 0.2) is 72.8 Å². The Bertz CT molecular complexity index is 1470. The topological polar surface area (TPSA) is 65.6 Å². The molecule has 2 unspecified atom stereocenters. The van der Waals surface area contributed by atoms with Crippen molar-refractivity contribution in [1.29, 1.82) is 0 Å². The number of nitrogens with zero attached hydrogens (tertiary/aromatic N) is 2. The lowest BCUT2D eigenvalue weighted by molar-refractivity contribution is -0.166. The molecule has 3 aromatic carbocycles. The molecular formula is C30H29N3O3. The second-order valence-electron chi connectivity index (χ2n) is 10.0. The van der Waals surface area contributed by atoms with Gasteiger partial charge < -0.3 is 19.5 Å². The lowest BCUT2D eigenvalue weighted by Gasteiger charge is -2.51. The van der Waals surface area contributed by atoms with E-state index in [9.17, 15) is 9.59 Å². The third-order valence-corrected chi connectivity index (χ3v) is 7.83. The summed E-state index contributed by atoms with van der Waals surface area (Å²) in [4.78, 5) is 34.8. The molecule has 36 heavy (non-hydrogen) atoms. The number of carbonyl (C=O) groups excluding carboxylic acids is 2. The number of aromatic amines is 1. The van der Waals surface area contributed by atoms with E-state index in [0.29, 0.717) is 13.1 Å². The largest absolute Gasteiger partial charge is 0.497 e. The molecule has 6 nitrogen and oxygen atoms in total. The number of hydrogen-bond acceptors (Lipinski definition) is 3. The van der Waals surface area contributed by atoms with Crippen LogP contribution in [0, 0.1) is 6.92 Å². The van der Waals surface area contributed by atoms with Gasteiger partial charge in [0.15, 0.2) is 5.54 Å². The summed E-state index contributed by atoms with van der Waals surface area (Å²) in [6.45, 7) is 4.87. The summed E-state index contributed by atoms with van der Waals surface area (Å²) in [6.07, 6.45) is 0. The van der Waals surface area contributed by atoms with Crippen LogP contribution < -0.4 is 4.74 Å². The number of aryl methyl sites for hydroxylation is 1. The molecule has 2 aliphatic heterocycles. The summed E-state index contributed by atoms with van der Waals surface area (Å²) in [5.74, 6) is 0.643. The molecule has 1 fully saturated rings. The molecule has 6 rings (SSSR count). The molecule has 3 heterocycles. The van der Waals surface area contributed by atoms with Crippen LogP contribution in [0.25, 0.3) is 10.9 Å². The highest BCUT2D eigenvalue weighted by molar-refractivity contribution is 6.01. The van der Waals surface area contributed by atoms with Gasteiger partial charge in [-0.15, -0.1) is 0 Å². The van der Waals surface area contributed by atoms with Gasteiger partial charge in [0, 0.05) is 29.9 Å². The van der Waals surface area contributed by atoms with E-state index in [1.165, 1.54) is 5.56 Å². The zero-order valence-electron chi connectivity index (χ0n) is 20.7. The summed E-state index contributed by atoms with van der Waals surface area (Å²) in [5, 5.41) is 1.10. The summed E-state index contributed by atoms with van der Waals surface area (Å²) >= 11 is 0. The second-order valence-corrected chi connectivity index (χ2v) is 10.0. The molecule has 1 saturated heterocycles. The zero-order chi connectivity index (χ0) is 25.0. The van der Waals surface area contributed by atoms with Gasteiger partial charge in [0.05, 0.1) is 12.8 Å². The van der Waals surface area contributed by atoms with E-state index in [1.807, 2.05) is 49.4 Å². The SMILES string of the molecule is COc1ccc(CN2CC(=O)N3CC(c4ccc(C)cc4)c4c([nH]c5ccccc45)C3(C)C2=O)cc1. The van der Waals surface area contributed by atoms with Gasteiger partial charge in [-0.3, -0.25) is 9.59 Å². The number of H-pyrrole nitrogens is 1. The summed E-state index contributed by atoms with van der Waals surface area (Å²) in [7, 11) is 1.63. The van der Waals surface area contributed by atoms with Gasteiger partial charge in [-0.05, 0) is 48.7 Å². The van der Waals surface area contributed by atoms with Gasteiger partial charge in [-0.1, -0.05) is 60.2 Å². The average Bonchev–Trinajstić information content (AvgIpc) is 3.29. The summed E-state index contributed by atoms with van der Waals surface area (Å²) in [6, 6.07) is 24.3. The Hall–Kier alpha value is -4.06. The van der Waals surface area contributed by atoms with Crippen LogP contribution in [-0.4, -0.2) is 46.8 Å². The van der Waals surface area contributed by atoms with E-state index in [1.54, 1.807) is 16.9 Å². The van der Waals surface area contributed by atoms with Crippen LogP contribution in [0.4, 0.5) is 0 Å². The molecule has 0 aliphatic carbocycles. The Morgan fingerprint density at radius 2 is 1.72 bits per heavy atom. The summed E-state index contributed by atoms with van der Waals surface area (Å²) in [5.41, 5.74) is 5.11. The maximum atomic E-state index is 14.2. The number of amides is 2. The van der Waals surface area contributed by atoms with Gasteiger partial charge in [-0.25, -0.2) is 0 Å². The Morgan fingerprint density at radius 1 is 1.00 bits per heavy atom. The smallest absolute Gasteiger partial charge is 0.255 e. The number of rotatable bonds is 4. The van der Waals surface area contributed by atoms with Crippen molar-refractivity contribution in [2.24, 2.45) is 0 Å². The number of para-hydroxylation sites is 1. The Morgan fingerprint density at radius 3 is 2.44 bits per heavy atom. The van der Waals surface area contributed by atoms with E-state index < -0.39 is 5.54 Å². The summed E-state index contributed by atoms with van der Waals surface area (Å²) < 4.78 is 5.26. The number of piperazine rings is 1. The van der Waals surface area contributed by atoms with Crippen molar-refractivity contribution in [2.75, 3.05) is 20.2 Å². The maximum Gasteiger partial charge on any atom is 0.255 e. The number of methoxy groups -OCH3 is 1. The third-order valence-electron chi connectivity index (χ3n) is 7.83. The molecule has 1 N–H and O–H groups in total. The molecule has 2 aliphatic rings. The normalized spacial score (nSPS) is 21.5. The van der Waals surface area contributed by atoms with Crippen molar-refractivity contribution < 1.29 is 14.3 Å². The number of nitrogens with one attached hydrogen (secondary N) is 1. The molecular weight excluding hydrogens is 450 g/mol. The highest BCUT2D eigenvalue weighted by Gasteiger charge is 2.56. The van der Waals surface area contributed by atoms with Crippen LogP contribution in [0.1, 0.15) is 40.8 Å². The standard InChI is InChI=1S/C30H29N3O3/c1-19-8-12-21(13-9-19)24-17-33-26(34)18-32(16-20-10-14-22(36-3)15-11-20)29(35)30(33,2)28-27(24)23-6-4-5-7-25(23)31-28/h4-15,24,31H,16-18H2,1-3H3. The first-order valence-corrected chi connectivity index (χ1v) is 12.3. The maximum absolute atomic E-state index is 14.2. The van der Waals surface area contributed by atoms with E-state index >= 15 is 0 Å². The van der Waals surface area contributed by atoms with Crippen molar-refractivity contribution in [2.45, 2.75) is 31.8 Å². The quantitative estimate of drug-likeness (QED) is 0.461. The first-order chi connectivity index (χ1) is 17.4. The average molecular weight is 480 g/mol. The molecule has 0 radical (unpaired) electrons.